The summed E-state index contributed by atoms with van der Waals surface area (Å²) in [5.41, 5.74) is 0.662. The van der Waals surface area contributed by atoms with Crippen LogP contribution >= 0.6 is 0 Å². The number of hydrogen-bond donors (Lipinski definition) is 2. The van der Waals surface area contributed by atoms with Crippen LogP contribution in [0.5, 0.6) is 0 Å². The molecule has 3 aromatic heterocycles. The van der Waals surface area contributed by atoms with Gasteiger partial charge in [0, 0.05) is 6.20 Å². The number of nitrogens with zero attached hydrogens (tertiary/aromatic N) is 4. The zero-order chi connectivity index (χ0) is 14.2. The zero-order valence-electron chi connectivity index (χ0n) is 10.6. The Labute approximate surface area is 114 Å². The lowest BCUT2D eigenvalue weighted by atomic mass is 10.3. The average Bonchev–Trinajstić information content (AvgIpc) is 3.08. The minimum absolute atomic E-state index is 0.0122. The summed E-state index contributed by atoms with van der Waals surface area (Å²) < 4.78 is 28.5. The van der Waals surface area contributed by atoms with E-state index in [2.05, 4.69) is 24.9 Å². The average molecular weight is 292 g/mol. The molecule has 0 saturated heterocycles. The van der Waals surface area contributed by atoms with Gasteiger partial charge in [0.05, 0.1) is 18.6 Å². The lowest BCUT2D eigenvalue weighted by molar-refractivity contribution is 0.555. The van der Waals surface area contributed by atoms with E-state index in [1.807, 2.05) is 12.1 Å². The lowest BCUT2D eigenvalue weighted by Crippen LogP contribution is -2.28. The van der Waals surface area contributed by atoms with Crippen LogP contribution in [0, 0.1) is 0 Å². The van der Waals surface area contributed by atoms with E-state index in [0.717, 1.165) is 0 Å². The van der Waals surface area contributed by atoms with Gasteiger partial charge >= 0.3 is 0 Å². The molecule has 8 nitrogen and oxygen atoms in total. The summed E-state index contributed by atoms with van der Waals surface area (Å²) >= 11 is 0. The summed E-state index contributed by atoms with van der Waals surface area (Å²) in [7, 11) is -3.66. The van der Waals surface area contributed by atoms with Gasteiger partial charge in [-0.15, -0.1) is 10.2 Å². The van der Waals surface area contributed by atoms with Gasteiger partial charge in [-0.25, -0.2) is 13.4 Å². The van der Waals surface area contributed by atoms with Crippen LogP contribution in [0.2, 0.25) is 0 Å². The molecule has 0 aliphatic carbocycles. The molecule has 0 saturated carbocycles. The fourth-order valence-electron chi connectivity index (χ4n) is 1.89. The van der Waals surface area contributed by atoms with Crippen molar-refractivity contribution < 1.29 is 8.42 Å². The van der Waals surface area contributed by atoms with Crippen LogP contribution in [-0.2, 0) is 10.0 Å². The fourth-order valence-corrected chi connectivity index (χ4v) is 3.00. The van der Waals surface area contributed by atoms with Gasteiger partial charge in [-0.2, -0.15) is 4.72 Å². The van der Waals surface area contributed by atoms with Crippen molar-refractivity contribution in [3.63, 3.8) is 0 Å². The maximum atomic E-state index is 12.1. The van der Waals surface area contributed by atoms with Gasteiger partial charge in [0.15, 0.2) is 16.5 Å². The Balaban J connectivity index is 1.92. The van der Waals surface area contributed by atoms with Gasteiger partial charge in [0.2, 0.25) is 0 Å². The molecule has 0 aromatic carbocycles. The van der Waals surface area contributed by atoms with Gasteiger partial charge in [-0.1, -0.05) is 6.07 Å². The first-order valence-corrected chi connectivity index (χ1v) is 7.36. The molecule has 1 atom stereocenters. The Morgan fingerprint density at radius 3 is 2.95 bits per heavy atom. The minimum Gasteiger partial charge on any atom is -0.335 e. The molecule has 9 heteroatoms. The molecule has 3 heterocycles. The predicted molar refractivity (Wildman–Crippen MR) is 70.3 cm³/mol. The largest absolute Gasteiger partial charge is 0.335 e. The van der Waals surface area contributed by atoms with Crippen LogP contribution < -0.4 is 4.72 Å². The number of nitrogens with one attached hydrogen (secondary N) is 2. The Bertz CT molecular complexity index is 824. The molecule has 0 spiro atoms. The van der Waals surface area contributed by atoms with E-state index < -0.39 is 16.1 Å². The number of sulfonamides is 1. The van der Waals surface area contributed by atoms with Crippen molar-refractivity contribution in [3.8, 4) is 0 Å². The minimum atomic E-state index is -3.66. The molecule has 1 unspecified atom stereocenters. The highest BCUT2D eigenvalue weighted by Crippen LogP contribution is 2.14. The lowest BCUT2D eigenvalue weighted by Gasteiger charge is -2.11. The van der Waals surface area contributed by atoms with Gasteiger partial charge < -0.3 is 4.98 Å². The topological polar surface area (TPSA) is 105 Å². The number of hydrogen-bond acceptors (Lipinski definition) is 5. The number of imidazole rings is 1. The molecular formula is C11H12N6O2S. The number of fused-ring (bicyclic) bond motifs is 1. The molecule has 2 N–H and O–H groups in total. The zero-order valence-corrected chi connectivity index (χ0v) is 11.4. The Kier molecular flexibility index (Phi) is 2.99. The Morgan fingerprint density at radius 2 is 2.20 bits per heavy atom. The Hall–Kier alpha value is -2.26. The van der Waals surface area contributed by atoms with E-state index in [9.17, 15) is 8.42 Å². The fraction of sp³-hybridized carbons (Fsp3) is 0.182. The molecule has 104 valence electrons. The normalized spacial score (nSPS) is 13.7. The maximum Gasteiger partial charge on any atom is 0.258 e. The first-order valence-electron chi connectivity index (χ1n) is 5.88. The van der Waals surface area contributed by atoms with Crippen molar-refractivity contribution in [3.05, 3.63) is 42.7 Å². The molecule has 0 aliphatic heterocycles. The smallest absolute Gasteiger partial charge is 0.258 e. The van der Waals surface area contributed by atoms with Crippen LogP contribution in [0.3, 0.4) is 0 Å². The molecule has 0 aliphatic rings. The summed E-state index contributed by atoms with van der Waals surface area (Å²) in [6, 6.07) is 4.94. The van der Waals surface area contributed by atoms with Crippen LogP contribution in [-0.4, -0.2) is 33.0 Å². The third-order valence-electron chi connectivity index (χ3n) is 2.82. The van der Waals surface area contributed by atoms with Crippen molar-refractivity contribution in [2.75, 3.05) is 0 Å². The van der Waals surface area contributed by atoms with Crippen molar-refractivity contribution in [2.24, 2.45) is 0 Å². The summed E-state index contributed by atoms with van der Waals surface area (Å²) in [5.74, 6) is 0.517. The van der Waals surface area contributed by atoms with E-state index in [-0.39, 0.29) is 5.03 Å². The van der Waals surface area contributed by atoms with Crippen LogP contribution in [0.4, 0.5) is 0 Å². The molecule has 0 amide bonds. The number of pyridine rings is 1. The Morgan fingerprint density at radius 1 is 1.35 bits per heavy atom. The first kappa shape index (κ1) is 12.8. The van der Waals surface area contributed by atoms with E-state index in [0.29, 0.717) is 11.5 Å². The molecule has 3 rings (SSSR count). The summed E-state index contributed by atoms with van der Waals surface area (Å²) in [5, 5.41) is 8.02. The highest BCUT2D eigenvalue weighted by Gasteiger charge is 2.22. The number of aromatic amines is 1. The van der Waals surface area contributed by atoms with Gasteiger partial charge in [-0.05, 0) is 19.1 Å². The molecular weight excluding hydrogens is 280 g/mol. The third-order valence-corrected chi connectivity index (χ3v) is 4.29. The van der Waals surface area contributed by atoms with Crippen molar-refractivity contribution >= 4 is 15.7 Å². The van der Waals surface area contributed by atoms with Crippen molar-refractivity contribution in [1.82, 2.24) is 29.3 Å². The summed E-state index contributed by atoms with van der Waals surface area (Å²) in [6.07, 6.45) is 4.34. The van der Waals surface area contributed by atoms with Crippen LogP contribution in [0.1, 0.15) is 18.8 Å². The highest BCUT2D eigenvalue weighted by molar-refractivity contribution is 7.89. The molecule has 3 aromatic rings. The second-order valence-corrected chi connectivity index (χ2v) is 5.93. The van der Waals surface area contributed by atoms with Crippen LogP contribution in [0.15, 0.2) is 41.9 Å². The molecule has 20 heavy (non-hydrogen) atoms. The van der Waals surface area contributed by atoms with Gasteiger partial charge in [-0.3, -0.25) is 4.40 Å². The quantitative estimate of drug-likeness (QED) is 0.728. The summed E-state index contributed by atoms with van der Waals surface area (Å²) in [6.45, 7) is 1.71. The standard InChI is InChI=1S/C11H12N6O2S/c1-8(16-20(18,19)10-6-12-7-13-10)11-15-14-9-4-2-3-5-17(9)11/h2-8,16H,1H3,(H,12,13). The first-order chi connectivity index (χ1) is 9.58. The number of aromatic nitrogens is 5. The molecule has 0 radical (unpaired) electrons. The monoisotopic (exact) mass is 292 g/mol. The predicted octanol–water partition coefficient (Wildman–Crippen LogP) is 0.492. The highest BCUT2D eigenvalue weighted by atomic mass is 32.2. The van der Waals surface area contributed by atoms with E-state index in [1.165, 1.54) is 12.5 Å². The van der Waals surface area contributed by atoms with Crippen molar-refractivity contribution in [1.29, 1.82) is 0 Å². The molecule has 0 bridgehead atoms. The number of rotatable bonds is 4. The van der Waals surface area contributed by atoms with Gasteiger partial charge in [0.25, 0.3) is 10.0 Å². The van der Waals surface area contributed by atoms with E-state index in [1.54, 1.807) is 23.6 Å². The SMILES string of the molecule is CC(NS(=O)(=O)c1cnc[nH]1)c1nnc2ccccn12. The van der Waals surface area contributed by atoms with Gasteiger partial charge in [0.1, 0.15) is 0 Å². The molecule has 0 fully saturated rings. The van der Waals surface area contributed by atoms with E-state index >= 15 is 0 Å². The number of H-pyrrole nitrogens is 1. The van der Waals surface area contributed by atoms with Crippen molar-refractivity contribution in [2.45, 2.75) is 18.0 Å². The summed E-state index contributed by atoms with van der Waals surface area (Å²) in [4.78, 5) is 6.26. The second-order valence-electron chi connectivity index (χ2n) is 4.25. The van der Waals surface area contributed by atoms with E-state index in [4.69, 9.17) is 0 Å². The third kappa shape index (κ3) is 2.17. The second kappa shape index (κ2) is 4.69. The maximum absolute atomic E-state index is 12.1. The van der Waals surface area contributed by atoms with Crippen LogP contribution in [0.25, 0.3) is 5.65 Å².